The predicted octanol–water partition coefficient (Wildman–Crippen LogP) is 2.32. The van der Waals surface area contributed by atoms with E-state index in [9.17, 15) is 18.3 Å². The Bertz CT molecular complexity index is 422. The van der Waals surface area contributed by atoms with Crippen LogP contribution in [0.2, 0.25) is 0 Å². The molecule has 0 radical (unpaired) electrons. The number of halogens is 3. The third-order valence-electron chi connectivity index (χ3n) is 3.86. The fourth-order valence-corrected chi connectivity index (χ4v) is 2.64. The van der Waals surface area contributed by atoms with Gasteiger partial charge in [0, 0.05) is 13.0 Å². The molecular formula is C12H18F3N3O. The van der Waals surface area contributed by atoms with E-state index in [0.717, 1.165) is 0 Å². The number of aryl methyl sites for hydroxylation is 1. The van der Waals surface area contributed by atoms with Crippen molar-refractivity contribution in [3.05, 3.63) is 12.2 Å². The summed E-state index contributed by atoms with van der Waals surface area (Å²) in [5.74, 6) is -0.646. The van der Waals surface area contributed by atoms with Crippen LogP contribution >= 0.6 is 0 Å². The molecule has 0 aromatic carbocycles. The third-order valence-corrected chi connectivity index (χ3v) is 3.86. The second-order valence-electron chi connectivity index (χ2n) is 5.21. The molecule has 2 rings (SSSR count). The van der Waals surface area contributed by atoms with Crippen LogP contribution < -0.4 is 0 Å². The molecule has 7 heteroatoms. The first-order valence-electron chi connectivity index (χ1n) is 6.50. The summed E-state index contributed by atoms with van der Waals surface area (Å²) in [7, 11) is 0. The Balaban J connectivity index is 1.99. The van der Waals surface area contributed by atoms with Gasteiger partial charge in [-0.15, -0.1) is 0 Å². The van der Waals surface area contributed by atoms with Crippen molar-refractivity contribution in [3.63, 3.8) is 0 Å². The van der Waals surface area contributed by atoms with Gasteiger partial charge in [-0.2, -0.15) is 18.3 Å². The lowest BCUT2D eigenvalue weighted by molar-refractivity contribution is -0.192. The summed E-state index contributed by atoms with van der Waals surface area (Å²) in [6, 6.07) is 0. The highest BCUT2D eigenvalue weighted by atomic mass is 19.4. The van der Waals surface area contributed by atoms with Gasteiger partial charge in [-0.1, -0.05) is 0 Å². The first-order chi connectivity index (χ1) is 8.84. The third kappa shape index (κ3) is 3.26. The van der Waals surface area contributed by atoms with E-state index in [1.807, 2.05) is 6.92 Å². The van der Waals surface area contributed by atoms with E-state index in [2.05, 4.69) is 10.1 Å². The maximum atomic E-state index is 12.6. The van der Waals surface area contributed by atoms with Crippen molar-refractivity contribution in [2.45, 2.75) is 57.3 Å². The minimum Gasteiger partial charge on any atom is -0.389 e. The first kappa shape index (κ1) is 14.3. The fraction of sp³-hybridized carbons (Fsp3) is 0.833. The fourth-order valence-electron chi connectivity index (χ4n) is 2.64. The number of alkyl halides is 3. The monoisotopic (exact) mass is 277 g/mol. The van der Waals surface area contributed by atoms with Crippen LogP contribution in [-0.4, -0.2) is 31.6 Å². The molecule has 0 spiro atoms. The SMILES string of the molecule is CCn1ncnc1CC1(O)CCC(C(F)(F)F)CC1. The molecule has 1 aliphatic carbocycles. The predicted molar refractivity (Wildman–Crippen MR) is 62.4 cm³/mol. The molecule has 1 fully saturated rings. The van der Waals surface area contributed by atoms with Crippen LogP contribution in [0.4, 0.5) is 13.2 Å². The lowest BCUT2D eigenvalue weighted by Crippen LogP contribution is -2.40. The molecule has 19 heavy (non-hydrogen) atoms. The van der Waals surface area contributed by atoms with E-state index in [0.29, 0.717) is 12.4 Å². The van der Waals surface area contributed by atoms with Crippen LogP contribution in [-0.2, 0) is 13.0 Å². The van der Waals surface area contributed by atoms with Crippen molar-refractivity contribution < 1.29 is 18.3 Å². The molecule has 0 bridgehead atoms. The van der Waals surface area contributed by atoms with E-state index < -0.39 is 17.7 Å². The number of nitrogens with zero attached hydrogens (tertiary/aromatic N) is 3. The molecule has 1 aromatic rings. The summed E-state index contributed by atoms with van der Waals surface area (Å²) in [6.45, 7) is 2.54. The molecule has 0 unspecified atom stereocenters. The van der Waals surface area contributed by atoms with E-state index in [4.69, 9.17) is 0 Å². The Morgan fingerprint density at radius 3 is 2.58 bits per heavy atom. The summed E-state index contributed by atoms with van der Waals surface area (Å²) in [5, 5.41) is 14.4. The van der Waals surface area contributed by atoms with Gasteiger partial charge in [-0.05, 0) is 32.6 Å². The Hall–Kier alpha value is -1.11. The van der Waals surface area contributed by atoms with Gasteiger partial charge in [-0.3, -0.25) is 4.68 Å². The molecule has 0 saturated heterocycles. The number of aromatic nitrogens is 3. The maximum absolute atomic E-state index is 12.6. The van der Waals surface area contributed by atoms with Gasteiger partial charge in [0.2, 0.25) is 0 Å². The van der Waals surface area contributed by atoms with E-state index in [-0.39, 0.29) is 32.1 Å². The van der Waals surface area contributed by atoms with E-state index in [1.54, 1.807) is 4.68 Å². The average molecular weight is 277 g/mol. The van der Waals surface area contributed by atoms with E-state index in [1.165, 1.54) is 6.33 Å². The van der Waals surface area contributed by atoms with Crippen LogP contribution in [0, 0.1) is 5.92 Å². The molecule has 1 heterocycles. The molecular weight excluding hydrogens is 259 g/mol. The van der Waals surface area contributed by atoms with Gasteiger partial charge in [0.15, 0.2) is 0 Å². The zero-order chi connectivity index (χ0) is 14.1. The second-order valence-corrected chi connectivity index (χ2v) is 5.21. The van der Waals surface area contributed by atoms with Gasteiger partial charge in [-0.25, -0.2) is 4.98 Å². The Labute approximate surface area is 109 Å². The highest BCUT2D eigenvalue weighted by molar-refractivity contribution is 4.97. The van der Waals surface area contributed by atoms with Crippen LogP contribution in [0.1, 0.15) is 38.4 Å². The molecule has 0 aliphatic heterocycles. The van der Waals surface area contributed by atoms with Crippen molar-refractivity contribution in [1.29, 1.82) is 0 Å². The summed E-state index contributed by atoms with van der Waals surface area (Å²) in [5.41, 5.74) is -1.08. The lowest BCUT2D eigenvalue weighted by Gasteiger charge is -2.36. The number of hydrogen-bond acceptors (Lipinski definition) is 3. The molecule has 0 amide bonds. The number of hydrogen-bond donors (Lipinski definition) is 1. The molecule has 1 aromatic heterocycles. The normalized spacial score (nSPS) is 28.6. The van der Waals surface area contributed by atoms with Crippen molar-refractivity contribution in [3.8, 4) is 0 Å². The zero-order valence-corrected chi connectivity index (χ0v) is 10.8. The van der Waals surface area contributed by atoms with E-state index >= 15 is 0 Å². The van der Waals surface area contributed by atoms with Gasteiger partial charge < -0.3 is 5.11 Å². The van der Waals surface area contributed by atoms with Crippen molar-refractivity contribution in [2.75, 3.05) is 0 Å². The molecule has 4 nitrogen and oxygen atoms in total. The molecule has 1 aliphatic rings. The summed E-state index contributed by atoms with van der Waals surface area (Å²) in [4.78, 5) is 4.06. The number of rotatable bonds is 3. The van der Waals surface area contributed by atoms with Gasteiger partial charge in [0.25, 0.3) is 0 Å². The Morgan fingerprint density at radius 2 is 2.05 bits per heavy atom. The standard InChI is InChI=1S/C12H18F3N3O/c1-2-18-10(16-8-17-18)7-11(19)5-3-9(4-6-11)12(13,14)15/h8-9,19H,2-7H2,1H3. The van der Waals surface area contributed by atoms with Gasteiger partial charge >= 0.3 is 6.18 Å². The quantitative estimate of drug-likeness (QED) is 0.922. The van der Waals surface area contributed by atoms with Crippen molar-refractivity contribution >= 4 is 0 Å². The minimum atomic E-state index is -4.15. The van der Waals surface area contributed by atoms with Crippen molar-refractivity contribution in [1.82, 2.24) is 14.8 Å². The van der Waals surface area contributed by atoms with Gasteiger partial charge in [0.05, 0.1) is 11.5 Å². The Morgan fingerprint density at radius 1 is 1.42 bits per heavy atom. The maximum Gasteiger partial charge on any atom is 0.391 e. The topological polar surface area (TPSA) is 50.9 Å². The largest absolute Gasteiger partial charge is 0.391 e. The summed E-state index contributed by atoms with van der Waals surface area (Å²) >= 11 is 0. The highest BCUT2D eigenvalue weighted by Crippen LogP contribution is 2.41. The molecule has 1 saturated carbocycles. The van der Waals surface area contributed by atoms with Crippen LogP contribution in [0.3, 0.4) is 0 Å². The Kier molecular flexibility index (Phi) is 3.85. The second kappa shape index (κ2) is 5.11. The van der Waals surface area contributed by atoms with Gasteiger partial charge in [0.1, 0.15) is 12.2 Å². The summed E-state index contributed by atoms with van der Waals surface area (Å²) < 4.78 is 39.4. The molecule has 1 N–H and O–H groups in total. The minimum absolute atomic E-state index is 0.0136. The van der Waals surface area contributed by atoms with Crippen molar-refractivity contribution in [2.24, 2.45) is 5.92 Å². The highest BCUT2D eigenvalue weighted by Gasteiger charge is 2.45. The average Bonchev–Trinajstić information content (AvgIpc) is 2.75. The van der Waals surface area contributed by atoms with Crippen LogP contribution in [0.5, 0.6) is 0 Å². The number of aliphatic hydroxyl groups is 1. The first-order valence-corrected chi connectivity index (χ1v) is 6.50. The smallest absolute Gasteiger partial charge is 0.389 e. The molecule has 108 valence electrons. The lowest BCUT2D eigenvalue weighted by atomic mass is 9.77. The van der Waals surface area contributed by atoms with Crippen LogP contribution in [0.25, 0.3) is 0 Å². The van der Waals surface area contributed by atoms with Crippen LogP contribution in [0.15, 0.2) is 6.33 Å². The zero-order valence-electron chi connectivity index (χ0n) is 10.8. The summed E-state index contributed by atoms with van der Waals surface area (Å²) in [6.07, 6.45) is -2.18. The molecule has 0 atom stereocenters.